The van der Waals surface area contributed by atoms with E-state index in [4.69, 9.17) is 4.74 Å². The van der Waals surface area contributed by atoms with Crippen molar-refractivity contribution in [3.63, 3.8) is 0 Å². The molecule has 0 atom stereocenters. The molecule has 1 N–H and O–H groups in total. The fourth-order valence-electron chi connectivity index (χ4n) is 2.57. The fourth-order valence-corrected chi connectivity index (χ4v) is 4.11. The van der Waals surface area contributed by atoms with Crippen molar-refractivity contribution in [3.05, 3.63) is 81.9 Å². The van der Waals surface area contributed by atoms with E-state index < -0.39 is 0 Å². The Bertz CT molecular complexity index is 1100. The Morgan fingerprint density at radius 1 is 1.14 bits per heavy atom. The average Bonchev–Trinajstić information content (AvgIpc) is 3.40. The van der Waals surface area contributed by atoms with Gasteiger partial charge >= 0.3 is 0 Å². The number of hydrogen-bond acceptors (Lipinski definition) is 6. The minimum atomic E-state index is -0.329. The van der Waals surface area contributed by atoms with Crippen LogP contribution in [0.15, 0.2) is 64.8 Å². The number of carbonyl (C=O) groups excluding carboxylic acids is 1. The van der Waals surface area contributed by atoms with Crippen molar-refractivity contribution in [1.29, 1.82) is 0 Å². The van der Waals surface area contributed by atoms with Gasteiger partial charge in [0.25, 0.3) is 0 Å². The lowest BCUT2D eigenvalue weighted by atomic mass is 10.2. The second-order valence-electron chi connectivity index (χ2n) is 6.17. The maximum atomic E-state index is 13.0. The van der Waals surface area contributed by atoms with Gasteiger partial charge in [-0.1, -0.05) is 0 Å². The molecule has 146 valence electrons. The molecule has 8 heteroatoms. The Hall–Kier alpha value is -3.10. The van der Waals surface area contributed by atoms with Crippen molar-refractivity contribution in [2.75, 3.05) is 0 Å². The highest BCUT2D eigenvalue weighted by molar-refractivity contribution is 7.14. The predicted molar refractivity (Wildman–Crippen MR) is 112 cm³/mol. The van der Waals surface area contributed by atoms with Crippen LogP contribution in [0.1, 0.15) is 11.3 Å². The second-order valence-corrected chi connectivity index (χ2v) is 7.81. The van der Waals surface area contributed by atoms with Gasteiger partial charge in [0, 0.05) is 35.1 Å². The van der Waals surface area contributed by atoms with Gasteiger partial charge in [0.2, 0.25) is 11.8 Å². The molecule has 4 rings (SSSR count). The van der Waals surface area contributed by atoms with Crippen LogP contribution in [0.3, 0.4) is 0 Å². The summed E-state index contributed by atoms with van der Waals surface area (Å²) in [4.78, 5) is 20.9. The molecule has 1 amide bonds. The summed E-state index contributed by atoms with van der Waals surface area (Å²) in [6.45, 7) is 0.350. The van der Waals surface area contributed by atoms with Gasteiger partial charge in [-0.05, 0) is 47.3 Å². The minimum Gasteiger partial charge on any atom is -0.439 e. The standard InChI is InChI=1S/C21H16FN3O2S2/c22-16-1-3-18(4-2-16)27-20-9-14(5-7-23-20)11-24-19(26)10-17-13-29-21(25-17)15-6-8-28-12-15/h1-9,12-13H,10-11H2,(H,24,26). The third-order valence-electron chi connectivity index (χ3n) is 3.99. The second kappa shape index (κ2) is 8.93. The molecule has 0 aliphatic carbocycles. The number of carbonyl (C=O) groups is 1. The number of ether oxygens (including phenoxy) is 1. The van der Waals surface area contributed by atoms with E-state index >= 15 is 0 Å². The van der Waals surface area contributed by atoms with Crippen molar-refractivity contribution in [3.8, 4) is 22.2 Å². The van der Waals surface area contributed by atoms with Gasteiger partial charge in [-0.3, -0.25) is 4.79 Å². The number of thiazole rings is 1. The number of thiophene rings is 1. The van der Waals surface area contributed by atoms with Crippen molar-refractivity contribution in [1.82, 2.24) is 15.3 Å². The van der Waals surface area contributed by atoms with Crippen LogP contribution in [0.5, 0.6) is 11.6 Å². The maximum absolute atomic E-state index is 13.0. The molecule has 3 aromatic heterocycles. The lowest BCUT2D eigenvalue weighted by Crippen LogP contribution is -2.24. The Kier molecular flexibility index (Phi) is 5.92. The van der Waals surface area contributed by atoms with E-state index in [-0.39, 0.29) is 18.1 Å². The van der Waals surface area contributed by atoms with Crippen molar-refractivity contribution >= 4 is 28.6 Å². The number of hydrogen-bond donors (Lipinski definition) is 1. The summed E-state index contributed by atoms with van der Waals surface area (Å²) < 4.78 is 18.6. The average molecular weight is 426 g/mol. The highest BCUT2D eigenvalue weighted by Gasteiger charge is 2.10. The largest absolute Gasteiger partial charge is 0.439 e. The van der Waals surface area contributed by atoms with Crippen molar-refractivity contribution in [2.45, 2.75) is 13.0 Å². The van der Waals surface area contributed by atoms with Gasteiger partial charge in [0.15, 0.2) is 0 Å². The maximum Gasteiger partial charge on any atom is 0.226 e. The number of rotatable bonds is 7. The summed E-state index contributed by atoms with van der Waals surface area (Å²) in [6, 6.07) is 11.3. The van der Waals surface area contributed by atoms with E-state index in [0.717, 1.165) is 21.8 Å². The number of aromatic nitrogens is 2. The van der Waals surface area contributed by atoms with E-state index in [1.807, 2.05) is 22.2 Å². The van der Waals surface area contributed by atoms with Gasteiger partial charge in [-0.15, -0.1) is 11.3 Å². The molecule has 4 aromatic rings. The topological polar surface area (TPSA) is 64.1 Å². The van der Waals surface area contributed by atoms with E-state index in [2.05, 4.69) is 15.3 Å². The summed E-state index contributed by atoms with van der Waals surface area (Å²) in [5.74, 6) is 0.433. The molecule has 29 heavy (non-hydrogen) atoms. The fraction of sp³-hybridized carbons (Fsp3) is 0.0952. The molecule has 3 heterocycles. The van der Waals surface area contributed by atoms with Crippen LogP contribution in [0.25, 0.3) is 10.6 Å². The number of nitrogens with zero attached hydrogens (tertiary/aromatic N) is 2. The van der Waals surface area contributed by atoms with E-state index in [9.17, 15) is 9.18 Å². The zero-order valence-corrected chi connectivity index (χ0v) is 16.8. The van der Waals surface area contributed by atoms with Crippen LogP contribution in [0.4, 0.5) is 4.39 Å². The van der Waals surface area contributed by atoms with Gasteiger partial charge in [-0.2, -0.15) is 11.3 Å². The lowest BCUT2D eigenvalue weighted by Gasteiger charge is -2.08. The predicted octanol–water partition coefficient (Wildman–Crippen LogP) is 5.06. The number of halogens is 1. The normalized spacial score (nSPS) is 10.7. The van der Waals surface area contributed by atoms with Crippen LogP contribution < -0.4 is 10.1 Å². The van der Waals surface area contributed by atoms with Crippen LogP contribution in [0, 0.1) is 5.82 Å². The monoisotopic (exact) mass is 425 g/mol. The number of amides is 1. The van der Waals surface area contributed by atoms with Crippen molar-refractivity contribution in [2.24, 2.45) is 0 Å². The molecule has 0 bridgehead atoms. The van der Waals surface area contributed by atoms with Gasteiger partial charge < -0.3 is 10.1 Å². The molecule has 0 aliphatic heterocycles. The van der Waals surface area contributed by atoms with E-state index in [1.165, 1.54) is 35.6 Å². The Labute approximate surface area is 174 Å². The van der Waals surface area contributed by atoms with Crippen LogP contribution in [0.2, 0.25) is 0 Å². The summed E-state index contributed by atoms with van der Waals surface area (Å²) >= 11 is 3.16. The third kappa shape index (κ3) is 5.24. The zero-order chi connectivity index (χ0) is 20.1. The summed E-state index contributed by atoms with van der Waals surface area (Å²) in [7, 11) is 0. The highest BCUT2D eigenvalue weighted by Crippen LogP contribution is 2.26. The van der Waals surface area contributed by atoms with E-state index in [1.54, 1.807) is 29.7 Å². The summed E-state index contributed by atoms with van der Waals surface area (Å²) in [6.07, 6.45) is 1.83. The summed E-state index contributed by atoms with van der Waals surface area (Å²) in [5.41, 5.74) is 2.68. The first-order valence-corrected chi connectivity index (χ1v) is 10.6. The number of benzene rings is 1. The number of nitrogens with one attached hydrogen (secondary N) is 1. The minimum absolute atomic E-state index is 0.106. The third-order valence-corrected chi connectivity index (χ3v) is 5.61. The first-order valence-electron chi connectivity index (χ1n) is 8.78. The van der Waals surface area contributed by atoms with Crippen molar-refractivity contribution < 1.29 is 13.9 Å². The van der Waals surface area contributed by atoms with Crippen LogP contribution in [-0.2, 0) is 17.8 Å². The van der Waals surface area contributed by atoms with Gasteiger partial charge in [0.1, 0.15) is 16.6 Å². The Balaban J connectivity index is 1.31. The molecule has 0 spiro atoms. The molecule has 0 radical (unpaired) electrons. The van der Waals surface area contributed by atoms with Gasteiger partial charge in [-0.25, -0.2) is 14.4 Å². The molecule has 0 saturated carbocycles. The van der Waals surface area contributed by atoms with E-state index in [0.29, 0.717) is 18.2 Å². The first kappa shape index (κ1) is 19.2. The Morgan fingerprint density at radius 2 is 2.00 bits per heavy atom. The molecule has 0 aliphatic rings. The smallest absolute Gasteiger partial charge is 0.226 e. The quantitative estimate of drug-likeness (QED) is 0.450. The molecular formula is C21H16FN3O2S2. The molecule has 0 fully saturated rings. The SMILES string of the molecule is O=C(Cc1csc(-c2ccsc2)n1)NCc1ccnc(Oc2ccc(F)cc2)c1. The molecule has 1 aromatic carbocycles. The van der Waals surface area contributed by atoms with Crippen LogP contribution >= 0.6 is 22.7 Å². The van der Waals surface area contributed by atoms with Crippen LogP contribution in [-0.4, -0.2) is 15.9 Å². The zero-order valence-electron chi connectivity index (χ0n) is 15.2. The first-order chi connectivity index (χ1) is 14.2. The molecule has 0 saturated heterocycles. The molecular weight excluding hydrogens is 409 g/mol. The number of pyridine rings is 1. The summed E-state index contributed by atoms with van der Waals surface area (Å²) in [5, 5.41) is 9.76. The molecule has 5 nitrogen and oxygen atoms in total. The lowest BCUT2D eigenvalue weighted by molar-refractivity contribution is -0.120. The van der Waals surface area contributed by atoms with Gasteiger partial charge in [0.05, 0.1) is 12.1 Å². The Morgan fingerprint density at radius 3 is 2.79 bits per heavy atom. The highest BCUT2D eigenvalue weighted by atomic mass is 32.1. The molecule has 0 unspecified atom stereocenters.